The SMILES string of the molecule is CC1=C(C(=O)OC2CCCCC2)[C@H](c2ccncc2)C2=C(CC(C)(C)CC2=O)N1. The number of hydrogen-bond acceptors (Lipinski definition) is 5. The van der Waals surface area contributed by atoms with E-state index in [2.05, 4.69) is 24.1 Å². The van der Waals surface area contributed by atoms with Crippen LogP contribution in [0.5, 0.6) is 0 Å². The van der Waals surface area contributed by atoms with Crippen LogP contribution in [-0.4, -0.2) is 22.8 Å². The van der Waals surface area contributed by atoms with Crippen molar-refractivity contribution in [3.8, 4) is 0 Å². The van der Waals surface area contributed by atoms with Crippen LogP contribution in [0.4, 0.5) is 0 Å². The Morgan fingerprint density at radius 1 is 1.14 bits per heavy atom. The van der Waals surface area contributed by atoms with Gasteiger partial charge in [-0.3, -0.25) is 9.78 Å². The zero-order valence-electron chi connectivity index (χ0n) is 17.6. The zero-order valence-corrected chi connectivity index (χ0v) is 17.6. The Kier molecular flexibility index (Phi) is 5.32. The second kappa shape index (κ2) is 7.77. The van der Waals surface area contributed by atoms with Gasteiger partial charge in [0.05, 0.1) is 5.57 Å². The Hall–Kier alpha value is -2.43. The molecule has 0 radical (unpaired) electrons. The van der Waals surface area contributed by atoms with Crippen LogP contribution in [-0.2, 0) is 14.3 Å². The third kappa shape index (κ3) is 4.00. The second-order valence-corrected chi connectivity index (χ2v) is 9.38. The number of dihydropyridines is 1. The lowest BCUT2D eigenvalue weighted by molar-refractivity contribution is -0.146. The van der Waals surface area contributed by atoms with Crippen molar-refractivity contribution in [2.75, 3.05) is 0 Å². The van der Waals surface area contributed by atoms with Crippen molar-refractivity contribution < 1.29 is 14.3 Å². The van der Waals surface area contributed by atoms with Crippen LogP contribution in [0, 0.1) is 5.41 Å². The van der Waals surface area contributed by atoms with Gasteiger partial charge in [0.15, 0.2) is 5.78 Å². The number of nitrogens with zero attached hydrogens (tertiary/aromatic N) is 1. The minimum absolute atomic E-state index is 0.0222. The molecule has 2 aliphatic carbocycles. The van der Waals surface area contributed by atoms with E-state index in [1.807, 2.05) is 19.1 Å². The molecule has 5 heteroatoms. The number of hydrogen-bond donors (Lipinski definition) is 1. The van der Waals surface area contributed by atoms with E-state index in [1.54, 1.807) is 12.4 Å². The first-order valence-corrected chi connectivity index (χ1v) is 10.7. The molecule has 154 valence electrons. The van der Waals surface area contributed by atoms with Gasteiger partial charge in [-0.25, -0.2) is 4.79 Å². The van der Waals surface area contributed by atoms with Crippen molar-refractivity contribution in [3.05, 3.63) is 52.6 Å². The van der Waals surface area contributed by atoms with E-state index >= 15 is 0 Å². The summed E-state index contributed by atoms with van der Waals surface area (Å²) >= 11 is 0. The molecule has 1 saturated carbocycles. The van der Waals surface area contributed by atoms with Gasteiger partial charge in [0, 0.05) is 41.7 Å². The summed E-state index contributed by atoms with van der Waals surface area (Å²) < 4.78 is 5.92. The summed E-state index contributed by atoms with van der Waals surface area (Å²) in [5.74, 6) is -0.581. The summed E-state index contributed by atoms with van der Waals surface area (Å²) in [6.07, 6.45) is 9.94. The van der Waals surface area contributed by atoms with E-state index < -0.39 is 5.92 Å². The lowest BCUT2D eigenvalue weighted by Crippen LogP contribution is -2.39. The number of carbonyl (C=O) groups is 2. The maximum Gasteiger partial charge on any atom is 0.337 e. The largest absolute Gasteiger partial charge is 0.459 e. The number of carbonyl (C=O) groups excluding carboxylic acids is 2. The van der Waals surface area contributed by atoms with E-state index in [0.717, 1.165) is 54.6 Å². The number of ketones is 1. The summed E-state index contributed by atoms with van der Waals surface area (Å²) in [6, 6.07) is 3.80. The number of ether oxygens (including phenoxy) is 1. The summed E-state index contributed by atoms with van der Waals surface area (Å²) in [4.78, 5) is 30.6. The highest BCUT2D eigenvalue weighted by Gasteiger charge is 2.43. The second-order valence-electron chi connectivity index (χ2n) is 9.38. The fourth-order valence-corrected chi connectivity index (χ4v) is 4.99. The van der Waals surface area contributed by atoms with Crippen molar-refractivity contribution in [2.24, 2.45) is 5.41 Å². The highest BCUT2D eigenvalue weighted by Crippen LogP contribution is 2.46. The molecule has 1 aromatic heterocycles. The fourth-order valence-electron chi connectivity index (χ4n) is 4.99. The van der Waals surface area contributed by atoms with Gasteiger partial charge < -0.3 is 10.1 Å². The molecule has 1 aliphatic heterocycles. The van der Waals surface area contributed by atoms with E-state index in [1.165, 1.54) is 6.42 Å². The lowest BCUT2D eigenvalue weighted by Gasteiger charge is -2.39. The molecule has 0 spiro atoms. The summed E-state index contributed by atoms with van der Waals surface area (Å²) in [7, 11) is 0. The number of nitrogens with one attached hydrogen (secondary N) is 1. The average Bonchev–Trinajstić information content (AvgIpc) is 2.67. The monoisotopic (exact) mass is 394 g/mol. The number of aromatic nitrogens is 1. The molecule has 0 aromatic carbocycles. The lowest BCUT2D eigenvalue weighted by atomic mass is 9.68. The molecule has 0 amide bonds. The smallest absolute Gasteiger partial charge is 0.337 e. The van der Waals surface area contributed by atoms with Crippen LogP contribution in [0.15, 0.2) is 47.1 Å². The van der Waals surface area contributed by atoms with Gasteiger partial charge in [0.2, 0.25) is 0 Å². The Morgan fingerprint density at radius 2 is 1.83 bits per heavy atom. The highest BCUT2D eigenvalue weighted by molar-refractivity contribution is 6.04. The van der Waals surface area contributed by atoms with Gasteiger partial charge in [-0.05, 0) is 62.1 Å². The predicted molar refractivity (Wildman–Crippen MR) is 111 cm³/mol. The number of Topliss-reactive ketones (excluding diaryl/α,β-unsaturated/α-hetero) is 1. The van der Waals surface area contributed by atoms with Crippen LogP contribution in [0.3, 0.4) is 0 Å². The predicted octanol–water partition coefficient (Wildman–Crippen LogP) is 4.56. The maximum absolute atomic E-state index is 13.3. The van der Waals surface area contributed by atoms with Crippen molar-refractivity contribution >= 4 is 11.8 Å². The Labute approximate surface area is 172 Å². The molecule has 5 nitrogen and oxygen atoms in total. The van der Waals surface area contributed by atoms with Crippen molar-refractivity contribution in [1.82, 2.24) is 10.3 Å². The van der Waals surface area contributed by atoms with Crippen molar-refractivity contribution in [3.63, 3.8) is 0 Å². The molecule has 0 saturated heterocycles. The van der Waals surface area contributed by atoms with Crippen LogP contribution in [0.1, 0.15) is 77.2 Å². The fraction of sp³-hybridized carbons (Fsp3) is 0.542. The highest BCUT2D eigenvalue weighted by atomic mass is 16.5. The van der Waals surface area contributed by atoms with E-state index in [4.69, 9.17) is 4.74 Å². The third-order valence-corrected chi connectivity index (χ3v) is 6.32. The van der Waals surface area contributed by atoms with E-state index in [9.17, 15) is 9.59 Å². The van der Waals surface area contributed by atoms with Gasteiger partial charge in [-0.1, -0.05) is 20.3 Å². The molecule has 1 N–H and O–H groups in total. The average molecular weight is 395 g/mol. The molecule has 0 bridgehead atoms. The van der Waals surface area contributed by atoms with Gasteiger partial charge in [0.25, 0.3) is 0 Å². The normalized spacial score (nSPS) is 24.8. The first kappa shape index (κ1) is 19.9. The quantitative estimate of drug-likeness (QED) is 0.761. The van der Waals surface area contributed by atoms with Crippen molar-refractivity contribution in [2.45, 2.75) is 77.7 Å². The summed E-state index contributed by atoms with van der Waals surface area (Å²) in [6.45, 7) is 6.15. The molecule has 2 heterocycles. The van der Waals surface area contributed by atoms with E-state index in [0.29, 0.717) is 12.0 Å². The van der Waals surface area contributed by atoms with Gasteiger partial charge >= 0.3 is 5.97 Å². The molecular weight excluding hydrogens is 364 g/mol. The molecule has 1 aromatic rings. The van der Waals surface area contributed by atoms with Crippen molar-refractivity contribution in [1.29, 1.82) is 0 Å². The first-order valence-electron chi connectivity index (χ1n) is 10.7. The van der Waals surface area contributed by atoms with Crippen LogP contribution < -0.4 is 5.32 Å². The maximum atomic E-state index is 13.3. The minimum atomic E-state index is -0.394. The number of rotatable bonds is 3. The molecule has 3 aliphatic rings. The van der Waals surface area contributed by atoms with Gasteiger partial charge in [-0.15, -0.1) is 0 Å². The summed E-state index contributed by atoms with van der Waals surface area (Å²) in [5.41, 5.74) is 3.84. The Bertz CT molecular complexity index is 877. The van der Waals surface area contributed by atoms with Gasteiger partial charge in [-0.2, -0.15) is 0 Å². The minimum Gasteiger partial charge on any atom is -0.459 e. The van der Waals surface area contributed by atoms with Crippen LogP contribution in [0.25, 0.3) is 0 Å². The first-order chi connectivity index (χ1) is 13.9. The molecule has 29 heavy (non-hydrogen) atoms. The Balaban J connectivity index is 1.73. The molecule has 1 atom stereocenters. The molecule has 1 fully saturated rings. The summed E-state index contributed by atoms with van der Waals surface area (Å²) in [5, 5.41) is 3.39. The van der Waals surface area contributed by atoms with Crippen LogP contribution >= 0.6 is 0 Å². The third-order valence-electron chi connectivity index (χ3n) is 6.32. The molecule has 4 rings (SSSR count). The number of allylic oxidation sites excluding steroid dienone is 3. The topological polar surface area (TPSA) is 68.3 Å². The standard InChI is InChI=1S/C24H30N2O3/c1-15-20(23(28)29-17-7-5-4-6-8-17)21(16-9-11-25-12-10-16)22-18(26-15)13-24(2,3)14-19(22)27/h9-12,17,21,26H,4-8,13-14H2,1-3H3/t21-/m0/s1. The molecular formula is C24H30N2O3. The van der Waals surface area contributed by atoms with Crippen LogP contribution in [0.2, 0.25) is 0 Å². The van der Waals surface area contributed by atoms with Gasteiger partial charge in [0.1, 0.15) is 6.10 Å². The molecule has 0 unspecified atom stereocenters. The number of esters is 1. The van der Waals surface area contributed by atoms with E-state index in [-0.39, 0.29) is 23.3 Å². The number of pyridine rings is 1. The Morgan fingerprint density at radius 3 is 2.52 bits per heavy atom. The zero-order chi connectivity index (χ0) is 20.6.